The van der Waals surface area contributed by atoms with Gasteiger partial charge in [-0.2, -0.15) is 0 Å². The maximum atomic E-state index is 14.0. The van der Waals surface area contributed by atoms with Crippen LogP contribution in [0, 0.1) is 5.82 Å². The van der Waals surface area contributed by atoms with Crippen LogP contribution in [0.2, 0.25) is 5.02 Å². The number of hydrogen-bond donors (Lipinski definition) is 2. The van der Waals surface area contributed by atoms with E-state index in [2.05, 4.69) is 20.4 Å². The van der Waals surface area contributed by atoms with Crippen molar-refractivity contribution in [2.75, 3.05) is 49.5 Å². The third-order valence-electron chi connectivity index (χ3n) is 6.10. The summed E-state index contributed by atoms with van der Waals surface area (Å²) in [6.45, 7) is 6.12. The predicted octanol–water partition coefficient (Wildman–Crippen LogP) is 5.53. The first-order valence-corrected chi connectivity index (χ1v) is 13.4. The van der Waals surface area contributed by atoms with Crippen LogP contribution in [0.15, 0.2) is 76.5 Å². The Labute approximate surface area is 226 Å². The Morgan fingerprint density at radius 2 is 1.73 bits per heavy atom. The first-order chi connectivity index (χ1) is 17.9. The van der Waals surface area contributed by atoms with Gasteiger partial charge in [-0.05, 0) is 67.6 Å². The second kappa shape index (κ2) is 12.9. The van der Waals surface area contributed by atoms with E-state index in [4.69, 9.17) is 11.6 Å². The summed E-state index contributed by atoms with van der Waals surface area (Å²) in [6.07, 6.45) is 0.814. The Morgan fingerprint density at radius 1 is 1.00 bits per heavy atom. The third-order valence-corrected chi connectivity index (χ3v) is 7.43. The van der Waals surface area contributed by atoms with Crippen molar-refractivity contribution in [2.45, 2.75) is 23.1 Å². The summed E-state index contributed by atoms with van der Waals surface area (Å²) in [5.41, 5.74) is 1.74. The van der Waals surface area contributed by atoms with Gasteiger partial charge < -0.3 is 15.5 Å². The third kappa shape index (κ3) is 7.71. The van der Waals surface area contributed by atoms with E-state index < -0.39 is 0 Å². The second-order valence-electron chi connectivity index (χ2n) is 8.84. The number of anilines is 2. The summed E-state index contributed by atoms with van der Waals surface area (Å²) in [4.78, 5) is 30.8. The minimum atomic E-state index is -0.203. The van der Waals surface area contributed by atoms with E-state index in [-0.39, 0.29) is 17.6 Å². The van der Waals surface area contributed by atoms with Crippen molar-refractivity contribution in [3.63, 3.8) is 0 Å². The van der Waals surface area contributed by atoms with E-state index in [1.165, 1.54) is 24.8 Å². The van der Waals surface area contributed by atoms with Crippen molar-refractivity contribution in [3.8, 4) is 0 Å². The van der Waals surface area contributed by atoms with Gasteiger partial charge in [0.1, 0.15) is 5.82 Å². The number of halogens is 2. The fraction of sp³-hybridized carbons (Fsp3) is 0.286. The van der Waals surface area contributed by atoms with Crippen molar-refractivity contribution >= 4 is 46.6 Å². The van der Waals surface area contributed by atoms with Gasteiger partial charge in [0, 0.05) is 60.0 Å². The van der Waals surface area contributed by atoms with Crippen molar-refractivity contribution in [1.29, 1.82) is 0 Å². The summed E-state index contributed by atoms with van der Waals surface area (Å²) >= 11 is 7.46. The average molecular weight is 541 g/mol. The molecule has 0 bridgehead atoms. The first-order valence-electron chi connectivity index (χ1n) is 12.2. The van der Waals surface area contributed by atoms with Crippen LogP contribution in [0.3, 0.4) is 0 Å². The molecule has 1 fully saturated rings. The lowest BCUT2D eigenvalue weighted by Crippen LogP contribution is -2.47. The fourth-order valence-corrected chi connectivity index (χ4v) is 5.21. The van der Waals surface area contributed by atoms with Crippen molar-refractivity contribution in [2.24, 2.45) is 0 Å². The van der Waals surface area contributed by atoms with Crippen LogP contribution in [0.4, 0.5) is 15.8 Å². The van der Waals surface area contributed by atoms with Gasteiger partial charge in [-0.25, -0.2) is 4.39 Å². The molecule has 0 unspecified atom stereocenters. The number of carbonyl (C=O) groups excluding carboxylic acids is 2. The number of carbonyl (C=O) groups is 2. The number of hydrogen-bond acceptors (Lipinski definition) is 5. The quantitative estimate of drug-likeness (QED) is 0.349. The molecule has 0 atom stereocenters. The molecule has 0 spiro atoms. The van der Waals surface area contributed by atoms with Gasteiger partial charge in [0.05, 0.1) is 11.4 Å². The largest absolute Gasteiger partial charge is 0.367 e. The minimum absolute atomic E-state index is 0.181. The summed E-state index contributed by atoms with van der Waals surface area (Å²) in [6, 6.07) is 19.6. The first kappa shape index (κ1) is 27.0. The molecule has 1 aliphatic rings. The smallest absolute Gasteiger partial charge is 0.251 e. The maximum absolute atomic E-state index is 14.0. The molecule has 1 aliphatic heterocycles. The van der Waals surface area contributed by atoms with Gasteiger partial charge in [0.15, 0.2) is 0 Å². The number of amides is 2. The van der Waals surface area contributed by atoms with Crippen LogP contribution < -0.4 is 15.5 Å². The highest BCUT2D eigenvalue weighted by atomic mass is 35.5. The molecular weight excluding hydrogens is 511 g/mol. The molecular formula is C28H30ClFN4O2S. The average Bonchev–Trinajstić information content (AvgIpc) is 2.89. The van der Waals surface area contributed by atoms with Crippen LogP contribution >= 0.6 is 23.4 Å². The van der Waals surface area contributed by atoms with E-state index in [9.17, 15) is 14.0 Å². The number of benzene rings is 3. The SMILES string of the molecule is CC(=O)Nc1cc(C(=O)NCCCN2CCN(c3ccccc3F)CC2)ccc1Sc1ccc(Cl)cc1. The molecule has 37 heavy (non-hydrogen) atoms. The van der Waals surface area contributed by atoms with Gasteiger partial charge in [0.2, 0.25) is 5.91 Å². The molecule has 6 nitrogen and oxygen atoms in total. The molecule has 9 heteroatoms. The lowest BCUT2D eigenvalue weighted by molar-refractivity contribution is -0.114. The summed E-state index contributed by atoms with van der Waals surface area (Å²) in [5.74, 6) is -0.568. The molecule has 4 rings (SSSR count). The number of nitrogens with one attached hydrogen (secondary N) is 2. The maximum Gasteiger partial charge on any atom is 0.251 e. The Hall–Kier alpha value is -3.07. The molecule has 0 radical (unpaired) electrons. The summed E-state index contributed by atoms with van der Waals surface area (Å²) < 4.78 is 14.0. The molecule has 1 heterocycles. The molecule has 3 aromatic carbocycles. The van der Waals surface area contributed by atoms with Gasteiger partial charge in [-0.1, -0.05) is 35.5 Å². The van der Waals surface area contributed by atoms with Gasteiger partial charge >= 0.3 is 0 Å². The molecule has 0 aromatic heterocycles. The van der Waals surface area contributed by atoms with Crippen LogP contribution in [-0.2, 0) is 4.79 Å². The standard InChI is InChI=1S/C28H30ClFN4O2S/c1-20(35)32-25-19-21(7-12-27(25)37-23-10-8-22(29)9-11-23)28(36)31-13-4-14-33-15-17-34(18-16-33)26-6-3-2-5-24(26)30/h2-3,5-12,19H,4,13-18H2,1H3,(H,31,36)(H,32,35). The minimum Gasteiger partial charge on any atom is -0.367 e. The Balaban J connectivity index is 1.26. The van der Waals surface area contributed by atoms with E-state index in [0.717, 1.165) is 48.9 Å². The lowest BCUT2D eigenvalue weighted by atomic mass is 10.2. The van der Waals surface area contributed by atoms with Crippen LogP contribution in [0.5, 0.6) is 0 Å². The van der Waals surface area contributed by atoms with Crippen LogP contribution in [-0.4, -0.2) is 56.0 Å². The molecule has 2 N–H and O–H groups in total. The topological polar surface area (TPSA) is 64.7 Å². The number of nitrogens with zero attached hydrogens (tertiary/aromatic N) is 2. The monoisotopic (exact) mass is 540 g/mol. The van der Waals surface area contributed by atoms with E-state index in [0.29, 0.717) is 28.5 Å². The van der Waals surface area contributed by atoms with Gasteiger partial charge in [-0.15, -0.1) is 0 Å². The zero-order chi connectivity index (χ0) is 26.2. The molecule has 1 saturated heterocycles. The molecule has 0 saturated carbocycles. The van der Waals surface area contributed by atoms with Gasteiger partial charge in [0.25, 0.3) is 5.91 Å². The number of piperazine rings is 1. The number of para-hydroxylation sites is 1. The second-order valence-corrected chi connectivity index (χ2v) is 10.4. The van der Waals surface area contributed by atoms with E-state index >= 15 is 0 Å². The summed E-state index contributed by atoms with van der Waals surface area (Å²) in [7, 11) is 0. The Kier molecular flexibility index (Phi) is 9.44. The van der Waals surface area contributed by atoms with Crippen molar-refractivity contribution in [3.05, 3.63) is 83.1 Å². The van der Waals surface area contributed by atoms with Crippen molar-refractivity contribution in [1.82, 2.24) is 10.2 Å². The zero-order valence-corrected chi connectivity index (χ0v) is 22.2. The fourth-order valence-electron chi connectivity index (χ4n) is 4.20. The number of rotatable bonds is 9. The van der Waals surface area contributed by atoms with E-state index in [1.807, 2.05) is 42.5 Å². The Bertz CT molecular complexity index is 1230. The predicted molar refractivity (Wildman–Crippen MR) is 148 cm³/mol. The highest BCUT2D eigenvalue weighted by Crippen LogP contribution is 2.34. The summed E-state index contributed by atoms with van der Waals surface area (Å²) in [5, 5.41) is 6.46. The zero-order valence-electron chi connectivity index (χ0n) is 20.7. The van der Waals surface area contributed by atoms with Gasteiger partial charge in [-0.3, -0.25) is 14.5 Å². The van der Waals surface area contributed by atoms with E-state index in [1.54, 1.807) is 18.2 Å². The van der Waals surface area contributed by atoms with Crippen LogP contribution in [0.1, 0.15) is 23.7 Å². The normalized spacial score (nSPS) is 13.9. The lowest BCUT2D eigenvalue weighted by Gasteiger charge is -2.36. The van der Waals surface area contributed by atoms with Crippen molar-refractivity contribution < 1.29 is 14.0 Å². The van der Waals surface area contributed by atoms with Crippen LogP contribution in [0.25, 0.3) is 0 Å². The Morgan fingerprint density at radius 3 is 2.43 bits per heavy atom. The highest BCUT2D eigenvalue weighted by Gasteiger charge is 2.19. The molecule has 0 aliphatic carbocycles. The molecule has 3 aromatic rings. The molecule has 194 valence electrons. The molecule has 2 amide bonds. The highest BCUT2D eigenvalue weighted by molar-refractivity contribution is 7.99.